The van der Waals surface area contributed by atoms with Gasteiger partial charge in [-0.25, -0.2) is 0 Å². The zero-order valence-electron chi connectivity index (χ0n) is 15.9. The Morgan fingerprint density at radius 3 is 1.57 bits per heavy atom. The van der Waals surface area contributed by atoms with E-state index in [0.29, 0.717) is 5.92 Å². The van der Waals surface area contributed by atoms with Gasteiger partial charge in [0.15, 0.2) is 0 Å². The Hall–Kier alpha value is -2.41. The minimum absolute atomic E-state index is 0.305. The van der Waals surface area contributed by atoms with Crippen molar-refractivity contribution < 1.29 is 28.9 Å². The first kappa shape index (κ1) is 20.3. The van der Waals surface area contributed by atoms with E-state index < -0.39 is 10.2 Å². The highest BCUT2D eigenvalue weighted by Gasteiger charge is 2.30. The fraction of sp³-hybridized carbons (Fsp3) is 0.182. The van der Waals surface area contributed by atoms with Gasteiger partial charge in [-0.2, -0.15) is 14.0 Å². The van der Waals surface area contributed by atoms with Crippen LogP contribution in [0.2, 0.25) is 0 Å². The molecule has 0 spiro atoms. The van der Waals surface area contributed by atoms with Crippen molar-refractivity contribution in [3.8, 4) is 0 Å². The minimum Gasteiger partial charge on any atom is -0.344 e. The van der Waals surface area contributed by atoms with Crippen LogP contribution >= 0.6 is 0 Å². The normalized spacial score (nSPS) is 13.3. The number of para-hydroxylation sites is 2. The lowest BCUT2D eigenvalue weighted by Gasteiger charge is -2.36. The van der Waals surface area contributed by atoms with E-state index in [-0.39, 0.29) is 0 Å². The summed E-state index contributed by atoms with van der Waals surface area (Å²) >= 11 is 0. The number of fused-ring (bicyclic) bond motifs is 2. The second-order valence-electron chi connectivity index (χ2n) is 6.81. The summed E-state index contributed by atoms with van der Waals surface area (Å²) in [5.74, 6) is 0.305. The maximum Gasteiger partial charge on any atom is 0.0777 e. The Bertz CT molecular complexity index is 911. The predicted molar refractivity (Wildman–Crippen MR) is 100 cm³/mol. The minimum atomic E-state index is -4.69. The number of rotatable bonds is 1. The van der Waals surface area contributed by atoms with E-state index in [0.717, 1.165) is 0 Å². The van der Waals surface area contributed by atoms with E-state index in [1.54, 1.807) is 0 Å². The van der Waals surface area contributed by atoms with Crippen molar-refractivity contribution in [1.82, 2.24) is 0 Å². The van der Waals surface area contributed by atoms with Gasteiger partial charge in [0.25, 0.3) is 0 Å². The third kappa shape index (κ3) is 4.19. The molecule has 0 amide bonds. The molecule has 3 aromatic rings. The third-order valence-corrected chi connectivity index (χ3v) is 5.05. The summed E-state index contributed by atoms with van der Waals surface area (Å²) in [5.41, 5.74) is 9.57. The number of hydrogen-bond donors (Lipinski definition) is 1. The van der Waals surface area contributed by atoms with Crippen LogP contribution in [0.25, 0.3) is 0 Å². The number of aryl methyl sites for hydroxylation is 2. The lowest BCUT2D eigenvalue weighted by Crippen LogP contribution is -2.58. The molecule has 1 N–H and O–H groups in total. The van der Waals surface area contributed by atoms with Crippen molar-refractivity contribution in [2.45, 2.75) is 19.8 Å². The lowest BCUT2D eigenvalue weighted by molar-refractivity contribution is -1.92. The second kappa shape index (κ2) is 7.91. The maximum atomic E-state index is 8.60. The summed E-state index contributed by atoms with van der Waals surface area (Å²) in [6.07, 6.45) is 0. The van der Waals surface area contributed by atoms with Crippen LogP contribution in [0.3, 0.4) is 0 Å². The topological polar surface area (TPSA) is 92.7 Å². The average molecular weight is 400 g/mol. The van der Waals surface area contributed by atoms with Gasteiger partial charge in [-0.1, -0.05) is 54.6 Å². The van der Waals surface area contributed by atoms with Crippen LogP contribution < -0.4 is 18.9 Å². The van der Waals surface area contributed by atoms with Gasteiger partial charge >= 0.3 is 0 Å². The van der Waals surface area contributed by atoms with Crippen molar-refractivity contribution in [3.63, 3.8) is 0 Å². The Morgan fingerprint density at radius 1 is 0.750 bits per heavy atom. The van der Waals surface area contributed by atoms with Gasteiger partial charge in [-0.15, -0.1) is 0 Å². The fourth-order valence-corrected chi connectivity index (χ4v) is 3.97. The summed E-state index contributed by atoms with van der Waals surface area (Å²) in [6, 6.07) is 24.2. The number of halogens is 1. The molecule has 0 atom stereocenters. The monoisotopic (exact) mass is 399 g/mol. The zero-order valence-corrected chi connectivity index (χ0v) is 16.7. The number of anilines is 2. The Kier molecular flexibility index (Phi) is 5.74. The number of nitrogens with zero attached hydrogens (tertiary/aromatic N) is 1. The lowest BCUT2D eigenvalue weighted by atomic mass is 9.77. The fourth-order valence-electron chi connectivity index (χ4n) is 3.97. The Labute approximate surface area is 166 Å². The molecule has 6 heteroatoms. The molecule has 4 rings (SSSR count). The van der Waals surface area contributed by atoms with Gasteiger partial charge in [0.1, 0.15) is 0 Å². The highest BCUT2D eigenvalue weighted by molar-refractivity contribution is 5.77. The van der Waals surface area contributed by atoms with Crippen LogP contribution in [0.5, 0.6) is 0 Å². The van der Waals surface area contributed by atoms with E-state index in [1.807, 2.05) is 0 Å². The summed E-state index contributed by atoms with van der Waals surface area (Å²) < 4.78 is 32.7. The Morgan fingerprint density at radius 2 is 1.14 bits per heavy atom. The SMILES string of the molecule is Cc1cccc(C)c1C1c2ccccc2N(C)c2ccccc21.[O-][Cl+3]([O-])([O-])O. The molecule has 0 radical (unpaired) electrons. The molecule has 1 heterocycles. The highest BCUT2D eigenvalue weighted by atomic mass is 35.7. The molecule has 0 fully saturated rings. The second-order valence-corrected chi connectivity index (χ2v) is 7.60. The molecular weight excluding hydrogens is 378 g/mol. The molecule has 0 aromatic heterocycles. The van der Waals surface area contributed by atoms with Crippen LogP contribution in [0.15, 0.2) is 66.7 Å². The van der Waals surface area contributed by atoms with Crippen LogP contribution in [0, 0.1) is 24.1 Å². The molecule has 5 nitrogen and oxygen atoms in total. The van der Waals surface area contributed by atoms with Gasteiger partial charge in [-0.3, -0.25) is 0 Å². The van der Waals surface area contributed by atoms with Gasteiger partial charge in [0.05, 0.1) is 14.9 Å². The zero-order chi connectivity index (χ0) is 20.5. The molecule has 1 aliphatic rings. The van der Waals surface area contributed by atoms with E-state index in [9.17, 15) is 0 Å². The molecule has 0 saturated carbocycles. The first-order chi connectivity index (χ1) is 13.2. The first-order valence-corrected chi connectivity index (χ1v) is 10.1. The molecule has 146 valence electrons. The van der Waals surface area contributed by atoms with E-state index >= 15 is 0 Å². The maximum absolute atomic E-state index is 8.60. The van der Waals surface area contributed by atoms with Gasteiger partial charge in [0, 0.05) is 24.3 Å². The molecular formula is C22H22ClNO4. The van der Waals surface area contributed by atoms with Crippen molar-refractivity contribution in [3.05, 3.63) is 94.5 Å². The quantitative estimate of drug-likeness (QED) is 0.668. The van der Waals surface area contributed by atoms with Crippen molar-refractivity contribution in [1.29, 1.82) is 0 Å². The van der Waals surface area contributed by atoms with Crippen LogP contribution in [-0.4, -0.2) is 11.7 Å². The van der Waals surface area contributed by atoms with E-state index in [1.165, 1.54) is 39.2 Å². The van der Waals surface area contributed by atoms with Crippen molar-refractivity contribution >= 4 is 11.4 Å². The van der Waals surface area contributed by atoms with Crippen LogP contribution in [-0.2, 0) is 0 Å². The van der Waals surface area contributed by atoms with Crippen molar-refractivity contribution in [2.75, 3.05) is 11.9 Å². The number of benzene rings is 3. The predicted octanol–water partition coefficient (Wildman–Crippen LogP) is 1.44. The third-order valence-electron chi connectivity index (χ3n) is 5.05. The average Bonchev–Trinajstić information content (AvgIpc) is 2.63. The molecule has 0 unspecified atom stereocenters. The molecule has 3 aromatic carbocycles. The summed E-state index contributed by atoms with van der Waals surface area (Å²) in [4.78, 5) is 2.31. The molecule has 1 aliphatic heterocycles. The molecule has 0 aliphatic carbocycles. The summed E-state index contributed by atoms with van der Waals surface area (Å²) in [7, 11) is -2.53. The standard InChI is InChI=1S/C22H21N.ClHO4/c1-15-9-8-10-16(2)21(15)22-17-11-4-6-13-19(17)23(3)20-14-7-5-12-18(20)22;2-1(3,4)5/h4-14,22H,1-3H3;(H,2,3,4,5). The number of hydrogen-bond acceptors (Lipinski definition) is 5. The van der Waals surface area contributed by atoms with Gasteiger partial charge in [0.2, 0.25) is 0 Å². The van der Waals surface area contributed by atoms with E-state index in [4.69, 9.17) is 18.6 Å². The largest absolute Gasteiger partial charge is 0.344 e. The van der Waals surface area contributed by atoms with E-state index in [2.05, 4.69) is 92.5 Å². The van der Waals surface area contributed by atoms with Gasteiger partial charge < -0.3 is 4.90 Å². The smallest absolute Gasteiger partial charge is 0.0777 e. The molecule has 0 bridgehead atoms. The van der Waals surface area contributed by atoms with Gasteiger partial charge in [-0.05, 0) is 53.8 Å². The summed E-state index contributed by atoms with van der Waals surface area (Å²) in [5, 5.41) is 0. The van der Waals surface area contributed by atoms with Crippen LogP contribution in [0.1, 0.15) is 33.7 Å². The first-order valence-electron chi connectivity index (χ1n) is 8.79. The highest BCUT2D eigenvalue weighted by Crippen LogP contribution is 2.48. The Balaban J connectivity index is 0.000000403. The summed E-state index contributed by atoms with van der Waals surface area (Å²) in [6.45, 7) is 4.46. The molecule has 28 heavy (non-hydrogen) atoms. The molecule has 0 saturated heterocycles. The van der Waals surface area contributed by atoms with Crippen molar-refractivity contribution in [2.24, 2.45) is 0 Å². The van der Waals surface area contributed by atoms with Crippen LogP contribution in [0.4, 0.5) is 11.4 Å².